The van der Waals surface area contributed by atoms with Gasteiger partial charge < -0.3 is 5.32 Å². The molecule has 20 heavy (non-hydrogen) atoms. The van der Waals surface area contributed by atoms with Crippen molar-refractivity contribution in [2.75, 3.05) is 19.6 Å². The molecule has 114 valence electrons. The van der Waals surface area contributed by atoms with E-state index in [9.17, 15) is 8.42 Å². The van der Waals surface area contributed by atoms with E-state index < -0.39 is 10.0 Å². The molecule has 5 nitrogen and oxygen atoms in total. The quantitative estimate of drug-likeness (QED) is 0.858. The Morgan fingerprint density at radius 3 is 2.90 bits per heavy atom. The van der Waals surface area contributed by atoms with Crippen LogP contribution in [0.3, 0.4) is 0 Å². The minimum absolute atomic E-state index is 0. The molecule has 1 saturated heterocycles. The van der Waals surface area contributed by atoms with E-state index in [4.69, 9.17) is 11.6 Å². The van der Waals surface area contributed by atoms with Gasteiger partial charge in [0, 0.05) is 18.9 Å². The predicted molar refractivity (Wildman–Crippen MR) is 81.9 cm³/mol. The molecule has 1 aromatic heterocycles. The molecule has 2 heterocycles. The van der Waals surface area contributed by atoms with Gasteiger partial charge in [0.2, 0.25) is 10.0 Å². The summed E-state index contributed by atoms with van der Waals surface area (Å²) in [6, 6.07) is 1.40. The Balaban J connectivity index is 0.00000200. The fourth-order valence-electron chi connectivity index (χ4n) is 2.19. The van der Waals surface area contributed by atoms with Gasteiger partial charge in [-0.05, 0) is 44.3 Å². The maximum Gasteiger partial charge on any atom is 0.242 e. The summed E-state index contributed by atoms with van der Waals surface area (Å²) in [6.45, 7) is 2.48. The fraction of sp³-hybridized carbons (Fsp3) is 0.583. The average Bonchev–Trinajstić information content (AvgIpc) is 2.40. The van der Waals surface area contributed by atoms with Crippen LogP contribution in [0.5, 0.6) is 0 Å². The number of nitrogens with zero attached hydrogens (tertiary/aromatic N) is 1. The van der Waals surface area contributed by atoms with Gasteiger partial charge >= 0.3 is 0 Å². The second-order valence-electron chi connectivity index (χ2n) is 4.74. The van der Waals surface area contributed by atoms with Crippen LogP contribution in [0, 0.1) is 5.92 Å². The van der Waals surface area contributed by atoms with Gasteiger partial charge in [0.15, 0.2) is 0 Å². The first kappa shape index (κ1) is 17.7. The van der Waals surface area contributed by atoms with Crippen molar-refractivity contribution in [3.63, 3.8) is 0 Å². The normalized spacial score (nSPS) is 19.4. The van der Waals surface area contributed by atoms with E-state index in [1.165, 1.54) is 18.5 Å². The maximum absolute atomic E-state index is 12.0. The largest absolute Gasteiger partial charge is 0.316 e. The number of hydrogen-bond acceptors (Lipinski definition) is 4. The monoisotopic (exact) mass is 339 g/mol. The molecule has 0 amide bonds. The van der Waals surface area contributed by atoms with Gasteiger partial charge in [-0.3, -0.25) is 4.98 Å². The molecule has 1 fully saturated rings. The summed E-state index contributed by atoms with van der Waals surface area (Å²) in [5, 5.41) is 3.64. The third-order valence-electron chi connectivity index (χ3n) is 3.23. The van der Waals surface area contributed by atoms with E-state index in [0.717, 1.165) is 32.4 Å². The topological polar surface area (TPSA) is 71.1 Å². The van der Waals surface area contributed by atoms with Crippen molar-refractivity contribution in [2.24, 2.45) is 5.92 Å². The first-order chi connectivity index (χ1) is 9.08. The lowest BCUT2D eigenvalue weighted by Gasteiger charge is -2.22. The van der Waals surface area contributed by atoms with Gasteiger partial charge in [0.05, 0.1) is 5.02 Å². The second kappa shape index (κ2) is 8.14. The molecule has 1 aliphatic heterocycles. The molecule has 0 aromatic carbocycles. The van der Waals surface area contributed by atoms with Crippen molar-refractivity contribution in [2.45, 2.75) is 24.2 Å². The highest BCUT2D eigenvalue weighted by Gasteiger charge is 2.17. The van der Waals surface area contributed by atoms with Crippen LogP contribution in [-0.2, 0) is 10.0 Å². The molecule has 1 atom stereocenters. The van der Waals surface area contributed by atoms with Crippen molar-refractivity contribution in [3.05, 3.63) is 23.5 Å². The molecule has 2 N–H and O–H groups in total. The van der Waals surface area contributed by atoms with Gasteiger partial charge in [-0.15, -0.1) is 12.4 Å². The summed E-state index contributed by atoms with van der Waals surface area (Å²) < 4.78 is 26.6. The maximum atomic E-state index is 12.0. The fourth-order valence-corrected chi connectivity index (χ4v) is 3.46. The molecule has 0 bridgehead atoms. The summed E-state index contributed by atoms with van der Waals surface area (Å²) in [6.07, 6.45) is 5.88. The predicted octanol–water partition coefficient (Wildman–Crippen LogP) is 1.82. The van der Waals surface area contributed by atoms with E-state index in [1.54, 1.807) is 0 Å². The van der Waals surface area contributed by atoms with E-state index in [0.29, 0.717) is 17.5 Å². The SMILES string of the molecule is Cl.O=S(=O)(NCCC1CCCNC1)c1cncc(Cl)c1. The Kier molecular flexibility index (Phi) is 7.19. The van der Waals surface area contributed by atoms with Crippen molar-refractivity contribution < 1.29 is 8.42 Å². The van der Waals surface area contributed by atoms with Crippen LogP contribution >= 0.6 is 24.0 Å². The first-order valence-electron chi connectivity index (χ1n) is 6.39. The molecule has 0 aliphatic carbocycles. The van der Waals surface area contributed by atoms with Crippen LogP contribution in [0.25, 0.3) is 0 Å². The number of rotatable bonds is 5. The van der Waals surface area contributed by atoms with Crippen LogP contribution in [0.15, 0.2) is 23.4 Å². The molecule has 1 unspecified atom stereocenters. The number of aromatic nitrogens is 1. The highest BCUT2D eigenvalue weighted by molar-refractivity contribution is 7.89. The van der Waals surface area contributed by atoms with Gasteiger partial charge in [-0.2, -0.15) is 0 Å². The van der Waals surface area contributed by atoms with E-state index >= 15 is 0 Å². The van der Waals surface area contributed by atoms with Crippen LogP contribution in [-0.4, -0.2) is 33.0 Å². The Labute approximate surface area is 131 Å². The molecular formula is C12H19Cl2N3O2S. The lowest BCUT2D eigenvalue weighted by molar-refractivity contribution is 0.358. The molecule has 0 radical (unpaired) electrons. The molecule has 1 aromatic rings. The van der Waals surface area contributed by atoms with Gasteiger partial charge in [-0.1, -0.05) is 11.6 Å². The first-order valence-corrected chi connectivity index (χ1v) is 8.25. The number of halogens is 2. The third-order valence-corrected chi connectivity index (χ3v) is 4.87. The standard InChI is InChI=1S/C12H18ClN3O2S.ClH/c13-11-6-12(9-15-8-11)19(17,18)16-5-3-10-2-1-4-14-7-10;/h6,8-10,14,16H,1-5,7H2;1H. The number of sulfonamides is 1. The lowest BCUT2D eigenvalue weighted by atomic mass is 9.96. The van der Waals surface area contributed by atoms with Gasteiger partial charge in [-0.25, -0.2) is 13.1 Å². The Morgan fingerprint density at radius 2 is 2.25 bits per heavy atom. The molecular weight excluding hydrogens is 321 g/mol. The molecule has 2 rings (SSSR count). The van der Waals surface area contributed by atoms with Crippen molar-refractivity contribution in [3.8, 4) is 0 Å². The third kappa shape index (κ3) is 5.18. The highest BCUT2D eigenvalue weighted by Crippen LogP contribution is 2.15. The van der Waals surface area contributed by atoms with Crippen LogP contribution in [0.2, 0.25) is 5.02 Å². The van der Waals surface area contributed by atoms with Crippen LogP contribution in [0.4, 0.5) is 0 Å². The summed E-state index contributed by atoms with van der Waals surface area (Å²) in [7, 11) is -3.50. The number of pyridine rings is 1. The minimum Gasteiger partial charge on any atom is -0.316 e. The molecule has 0 spiro atoms. The Bertz CT molecular complexity index is 519. The smallest absolute Gasteiger partial charge is 0.242 e. The molecule has 8 heteroatoms. The van der Waals surface area contributed by atoms with Crippen LogP contribution in [0.1, 0.15) is 19.3 Å². The number of hydrogen-bond donors (Lipinski definition) is 2. The average molecular weight is 340 g/mol. The van der Waals surface area contributed by atoms with E-state index in [1.807, 2.05) is 0 Å². The van der Waals surface area contributed by atoms with Gasteiger partial charge in [0.1, 0.15) is 4.90 Å². The van der Waals surface area contributed by atoms with Crippen LogP contribution < -0.4 is 10.0 Å². The molecule has 0 saturated carbocycles. The van der Waals surface area contributed by atoms with E-state index in [2.05, 4.69) is 15.0 Å². The Morgan fingerprint density at radius 1 is 1.45 bits per heavy atom. The molecule has 1 aliphatic rings. The van der Waals surface area contributed by atoms with Crippen molar-refractivity contribution in [1.82, 2.24) is 15.0 Å². The summed E-state index contributed by atoms with van der Waals surface area (Å²) in [5.74, 6) is 0.550. The minimum atomic E-state index is -3.50. The van der Waals surface area contributed by atoms with Gasteiger partial charge in [0.25, 0.3) is 0 Å². The zero-order chi connectivity index (χ0) is 13.7. The van der Waals surface area contributed by atoms with Crippen molar-refractivity contribution >= 4 is 34.0 Å². The van der Waals surface area contributed by atoms with Crippen molar-refractivity contribution in [1.29, 1.82) is 0 Å². The second-order valence-corrected chi connectivity index (χ2v) is 6.94. The highest BCUT2D eigenvalue weighted by atomic mass is 35.5. The summed E-state index contributed by atoms with van der Waals surface area (Å²) >= 11 is 5.74. The Hall–Kier alpha value is -0.400. The number of piperidine rings is 1. The van der Waals surface area contributed by atoms with E-state index in [-0.39, 0.29) is 17.3 Å². The lowest BCUT2D eigenvalue weighted by Crippen LogP contribution is -2.33. The summed E-state index contributed by atoms with van der Waals surface area (Å²) in [5.41, 5.74) is 0. The summed E-state index contributed by atoms with van der Waals surface area (Å²) in [4.78, 5) is 3.90. The zero-order valence-electron chi connectivity index (χ0n) is 11.0. The number of nitrogens with one attached hydrogen (secondary N) is 2. The zero-order valence-corrected chi connectivity index (χ0v) is 13.4.